The van der Waals surface area contributed by atoms with Crippen LogP contribution in [0.15, 0.2) is 10.8 Å². The Morgan fingerprint density at radius 3 is 2.95 bits per heavy atom. The van der Waals surface area contributed by atoms with E-state index in [9.17, 15) is 4.79 Å². The van der Waals surface area contributed by atoms with E-state index in [0.717, 1.165) is 49.3 Å². The molecule has 0 unspecified atom stereocenters. The number of hydrogen-bond donors (Lipinski definition) is 0. The van der Waals surface area contributed by atoms with Crippen molar-refractivity contribution in [1.82, 2.24) is 4.90 Å². The first-order valence-electron chi connectivity index (χ1n) is 7.29. The zero-order valence-corrected chi connectivity index (χ0v) is 13.5. The van der Waals surface area contributed by atoms with Gasteiger partial charge < -0.3 is 9.64 Å². The van der Waals surface area contributed by atoms with Crippen molar-refractivity contribution >= 4 is 29.0 Å². The Morgan fingerprint density at radius 2 is 2.35 bits per heavy atom. The second kappa shape index (κ2) is 6.50. The lowest BCUT2D eigenvalue weighted by Crippen LogP contribution is -2.44. The van der Waals surface area contributed by atoms with Crippen LogP contribution in [-0.2, 0) is 4.74 Å². The molecule has 2 atom stereocenters. The smallest absolute Gasteiger partial charge is 0.255 e. The van der Waals surface area contributed by atoms with Crippen LogP contribution in [-0.4, -0.2) is 47.6 Å². The summed E-state index contributed by atoms with van der Waals surface area (Å²) in [4.78, 5) is 15.0. The SMILES string of the molecule is Cc1cscc1C(=O)N(C[C@H]1CCCO1)[C@H]1CCSC1. The monoisotopic (exact) mass is 311 g/mol. The third kappa shape index (κ3) is 3.05. The van der Waals surface area contributed by atoms with Crippen molar-refractivity contribution < 1.29 is 9.53 Å². The Hall–Kier alpha value is -0.520. The summed E-state index contributed by atoms with van der Waals surface area (Å²) in [5, 5.41) is 4.04. The van der Waals surface area contributed by atoms with Crippen LogP contribution in [0.5, 0.6) is 0 Å². The number of rotatable bonds is 4. The number of carbonyl (C=O) groups is 1. The van der Waals surface area contributed by atoms with Gasteiger partial charge in [-0.15, -0.1) is 0 Å². The Kier molecular flexibility index (Phi) is 4.68. The number of thiophene rings is 1. The first-order chi connectivity index (χ1) is 9.75. The molecule has 5 heteroatoms. The molecule has 1 aromatic rings. The minimum absolute atomic E-state index is 0.201. The lowest BCUT2D eigenvalue weighted by Gasteiger charge is -2.30. The molecule has 0 bridgehead atoms. The first kappa shape index (κ1) is 14.4. The van der Waals surface area contributed by atoms with Crippen molar-refractivity contribution in [3.8, 4) is 0 Å². The third-order valence-corrected chi connectivity index (χ3v) is 6.12. The summed E-state index contributed by atoms with van der Waals surface area (Å²) in [6.07, 6.45) is 3.57. The number of thioether (sulfide) groups is 1. The molecule has 1 aromatic heterocycles. The molecule has 1 amide bonds. The molecule has 3 nitrogen and oxygen atoms in total. The molecule has 0 N–H and O–H groups in total. The predicted octanol–water partition coefficient (Wildman–Crippen LogP) is 3.18. The van der Waals surface area contributed by atoms with Gasteiger partial charge in [0.25, 0.3) is 5.91 Å². The van der Waals surface area contributed by atoms with Crippen LogP contribution in [0.3, 0.4) is 0 Å². The molecule has 0 aliphatic carbocycles. The summed E-state index contributed by atoms with van der Waals surface area (Å²) in [5.41, 5.74) is 1.98. The fourth-order valence-corrected chi connectivity index (χ4v) is 4.95. The van der Waals surface area contributed by atoms with Crippen LogP contribution in [0.2, 0.25) is 0 Å². The molecule has 0 saturated carbocycles. The maximum absolute atomic E-state index is 12.9. The van der Waals surface area contributed by atoms with Gasteiger partial charge in [0.2, 0.25) is 0 Å². The van der Waals surface area contributed by atoms with Crippen LogP contribution in [0, 0.1) is 6.92 Å². The zero-order valence-electron chi connectivity index (χ0n) is 11.8. The number of nitrogens with zero attached hydrogens (tertiary/aromatic N) is 1. The normalized spacial score (nSPS) is 26.1. The predicted molar refractivity (Wildman–Crippen MR) is 84.8 cm³/mol. The fraction of sp³-hybridized carbons (Fsp3) is 0.667. The fourth-order valence-electron chi connectivity index (χ4n) is 2.91. The molecule has 20 heavy (non-hydrogen) atoms. The average Bonchev–Trinajstić information content (AvgIpc) is 3.17. The number of carbonyl (C=O) groups excluding carboxylic acids is 1. The van der Waals surface area contributed by atoms with E-state index in [1.165, 1.54) is 5.75 Å². The van der Waals surface area contributed by atoms with E-state index < -0.39 is 0 Å². The van der Waals surface area contributed by atoms with Crippen molar-refractivity contribution in [2.45, 2.75) is 38.3 Å². The van der Waals surface area contributed by atoms with E-state index in [1.54, 1.807) is 11.3 Å². The van der Waals surface area contributed by atoms with Gasteiger partial charge in [0.15, 0.2) is 0 Å². The highest BCUT2D eigenvalue weighted by atomic mass is 32.2. The van der Waals surface area contributed by atoms with E-state index in [4.69, 9.17) is 4.74 Å². The minimum Gasteiger partial charge on any atom is -0.376 e. The van der Waals surface area contributed by atoms with Crippen molar-refractivity contribution in [3.63, 3.8) is 0 Å². The lowest BCUT2D eigenvalue weighted by molar-refractivity contribution is 0.0441. The zero-order chi connectivity index (χ0) is 13.9. The van der Waals surface area contributed by atoms with Crippen LogP contribution in [0.1, 0.15) is 35.2 Å². The topological polar surface area (TPSA) is 29.5 Å². The second-order valence-corrected chi connectivity index (χ2v) is 7.47. The van der Waals surface area contributed by atoms with Gasteiger partial charge in [0, 0.05) is 30.3 Å². The molecule has 110 valence electrons. The largest absolute Gasteiger partial charge is 0.376 e. The van der Waals surface area contributed by atoms with Gasteiger partial charge >= 0.3 is 0 Å². The van der Waals surface area contributed by atoms with E-state index in [1.807, 2.05) is 24.1 Å². The quantitative estimate of drug-likeness (QED) is 0.855. The Morgan fingerprint density at radius 1 is 1.45 bits per heavy atom. The molecule has 3 rings (SSSR count). The van der Waals surface area contributed by atoms with E-state index in [-0.39, 0.29) is 12.0 Å². The van der Waals surface area contributed by atoms with E-state index in [0.29, 0.717) is 6.04 Å². The first-order valence-corrected chi connectivity index (χ1v) is 9.38. The third-order valence-electron chi connectivity index (χ3n) is 4.12. The average molecular weight is 311 g/mol. The Balaban J connectivity index is 1.76. The van der Waals surface area contributed by atoms with Crippen molar-refractivity contribution in [3.05, 3.63) is 21.9 Å². The maximum atomic E-state index is 12.9. The standard InChI is InChI=1S/C15H21NO2S2/c1-11-8-20-10-14(11)15(17)16(12-4-6-19-9-12)7-13-3-2-5-18-13/h8,10,12-13H,2-7,9H2,1H3/t12-,13+/m0/s1. The van der Waals surface area contributed by atoms with Gasteiger partial charge in [-0.2, -0.15) is 23.1 Å². The van der Waals surface area contributed by atoms with Gasteiger partial charge in [0.05, 0.1) is 11.7 Å². The highest BCUT2D eigenvalue weighted by molar-refractivity contribution is 7.99. The van der Waals surface area contributed by atoms with Crippen LogP contribution >= 0.6 is 23.1 Å². The number of aryl methyl sites for hydroxylation is 1. The van der Waals surface area contributed by atoms with E-state index >= 15 is 0 Å². The van der Waals surface area contributed by atoms with Crippen molar-refractivity contribution in [2.75, 3.05) is 24.7 Å². The van der Waals surface area contributed by atoms with Crippen molar-refractivity contribution in [1.29, 1.82) is 0 Å². The minimum atomic E-state index is 0.201. The molecule has 0 radical (unpaired) electrons. The molecule has 0 aromatic carbocycles. The maximum Gasteiger partial charge on any atom is 0.255 e. The van der Waals surface area contributed by atoms with Crippen molar-refractivity contribution in [2.24, 2.45) is 0 Å². The number of amides is 1. The van der Waals surface area contributed by atoms with Crippen LogP contribution in [0.25, 0.3) is 0 Å². The van der Waals surface area contributed by atoms with Crippen LogP contribution in [0.4, 0.5) is 0 Å². The summed E-state index contributed by atoms with van der Waals surface area (Å²) in [5.74, 6) is 2.44. The van der Waals surface area contributed by atoms with Gasteiger partial charge in [-0.05, 0) is 42.9 Å². The molecule has 2 aliphatic rings. The molecule has 0 spiro atoms. The highest BCUT2D eigenvalue weighted by Crippen LogP contribution is 2.27. The van der Waals surface area contributed by atoms with Gasteiger partial charge in [0.1, 0.15) is 0 Å². The molecule has 2 fully saturated rings. The summed E-state index contributed by atoms with van der Waals surface area (Å²) in [6, 6.07) is 0.385. The van der Waals surface area contributed by atoms with Gasteiger partial charge in [-0.25, -0.2) is 0 Å². The molecule has 2 aliphatic heterocycles. The van der Waals surface area contributed by atoms with Crippen LogP contribution < -0.4 is 0 Å². The summed E-state index contributed by atoms with van der Waals surface area (Å²) in [7, 11) is 0. The molecule has 3 heterocycles. The van der Waals surface area contributed by atoms with E-state index in [2.05, 4.69) is 10.3 Å². The summed E-state index contributed by atoms with van der Waals surface area (Å²) >= 11 is 3.57. The number of ether oxygens (including phenoxy) is 1. The highest BCUT2D eigenvalue weighted by Gasteiger charge is 2.31. The molecular weight excluding hydrogens is 290 g/mol. The summed E-state index contributed by atoms with van der Waals surface area (Å²) < 4.78 is 5.74. The molecule has 2 saturated heterocycles. The summed E-state index contributed by atoms with van der Waals surface area (Å²) in [6.45, 7) is 3.64. The molecular formula is C15H21NO2S2. The lowest BCUT2D eigenvalue weighted by atomic mass is 10.1. The Labute approximate surface area is 128 Å². The van der Waals surface area contributed by atoms with Gasteiger partial charge in [-0.3, -0.25) is 4.79 Å². The second-order valence-electron chi connectivity index (χ2n) is 5.58. The number of hydrogen-bond acceptors (Lipinski definition) is 4. The van der Waals surface area contributed by atoms with Gasteiger partial charge in [-0.1, -0.05) is 0 Å². The Bertz CT molecular complexity index is 462.